The van der Waals surface area contributed by atoms with Crippen LogP contribution in [0.1, 0.15) is 171 Å². The number of nitrogens with two attached hydrogens (primary N) is 1. The van der Waals surface area contributed by atoms with Crippen molar-refractivity contribution in [1.82, 2.24) is 0 Å². The summed E-state index contributed by atoms with van der Waals surface area (Å²) in [6.45, 7) is 7.55. The minimum absolute atomic E-state index is 0.00963. The molecule has 0 spiro atoms. The summed E-state index contributed by atoms with van der Waals surface area (Å²) in [6.07, 6.45) is 19.9. The summed E-state index contributed by atoms with van der Waals surface area (Å²) >= 11 is 0. The number of ether oxygens (including phenoxy) is 2. The molecular weight excluding hydrogens is 777 g/mol. The molecule has 340 valence electrons. The van der Waals surface area contributed by atoms with Crippen LogP contribution in [0.2, 0.25) is 0 Å². The van der Waals surface area contributed by atoms with Gasteiger partial charge in [0.15, 0.2) is 6.10 Å². The smallest absolute Gasteiger partial charge is 0.466 e. The number of carbonyl (C=O) groups is 3. The van der Waals surface area contributed by atoms with E-state index < -0.39 is 44.7 Å². The monoisotopic (exact) mass is 856 g/mol. The number of hydrogen-bond acceptors (Lipinski definition) is 12. The van der Waals surface area contributed by atoms with Gasteiger partial charge in [-0.3, -0.25) is 23.4 Å². The topological polar surface area (TPSA) is 205 Å². The Morgan fingerprint density at radius 3 is 2.08 bits per heavy atom. The molecule has 0 aromatic carbocycles. The Bertz CT molecular complexity index is 1410. The van der Waals surface area contributed by atoms with Crippen molar-refractivity contribution in [3.63, 3.8) is 0 Å². The van der Waals surface area contributed by atoms with Crippen molar-refractivity contribution < 1.29 is 57.0 Å². The number of Topliss-reactive ketones (excluding diaryl/α,β-unsaturated/α-hetero) is 1. The molecule has 2 rings (SSSR count). The van der Waals surface area contributed by atoms with E-state index in [1.165, 1.54) is 17.5 Å². The summed E-state index contributed by atoms with van der Waals surface area (Å²) in [5.41, 5.74) is 7.95. The van der Waals surface area contributed by atoms with Crippen LogP contribution in [0.4, 0.5) is 0 Å². The predicted molar refractivity (Wildman–Crippen MR) is 229 cm³/mol. The lowest BCUT2D eigenvalue weighted by Gasteiger charge is -2.20. The predicted octanol–water partition coefficient (Wildman–Crippen LogP) is 8.85. The van der Waals surface area contributed by atoms with Gasteiger partial charge >= 0.3 is 19.8 Å². The van der Waals surface area contributed by atoms with Gasteiger partial charge in [0, 0.05) is 50.5 Å². The molecule has 0 saturated heterocycles. The van der Waals surface area contributed by atoms with Gasteiger partial charge in [0.2, 0.25) is 0 Å². The van der Waals surface area contributed by atoms with Gasteiger partial charge in [0.05, 0.1) is 25.4 Å². The van der Waals surface area contributed by atoms with Crippen LogP contribution in [-0.2, 0) is 50.3 Å². The van der Waals surface area contributed by atoms with Crippen molar-refractivity contribution in [1.29, 1.82) is 0 Å². The van der Waals surface area contributed by atoms with E-state index in [1.807, 2.05) is 6.08 Å². The molecular formula is C45H78NO12P. The summed E-state index contributed by atoms with van der Waals surface area (Å²) in [5.74, 6) is 0.698. The van der Waals surface area contributed by atoms with Crippen LogP contribution in [0.15, 0.2) is 16.6 Å². The van der Waals surface area contributed by atoms with Crippen molar-refractivity contribution in [2.45, 2.75) is 194 Å². The summed E-state index contributed by atoms with van der Waals surface area (Å²) in [6, 6.07) is 0. The number of furan rings is 1. The number of ketones is 1. The van der Waals surface area contributed by atoms with Crippen LogP contribution >= 0.6 is 7.82 Å². The second-order valence-corrected chi connectivity index (χ2v) is 17.7. The summed E-state index contributed by atoms with van der Waals surface area (Å²) in [4.78, 5) is 47.8. The average Bonchev–Trinajstić information content (AvgIpc) is 3.63. The van der Waals surface area contributed by atoms with Gasteiger partial charge < -0.3 is 34.7 Å². The highest BCUT2D eigenvalue weighted by Crippen LogP contribution is 2.43. The van der Waals surface area contributed by atoms with Crippen LogP contribution in [0, 0.1) is 25.7 Å². The highest BCUT2D eigenvalue weighted by Gasteiger charge is 2.39. The quantitative estimate of drug-likeness (QED) is 0.0218. The molecule has 0 aliphatic heterocycles. The first-order valence-corrected chi connectivity index (χ1v) is 24.1. The number of carbonyl (C=O) groups excluding carboxylic acids is 3. The number of aliphatic hydroxyl groups is 2. The second-order valence-electron chi connectivity index (χ2n) is 16.3. The second kappa shape index (κ2) is 30.6. The highest BCUT2D eigenvalue weighted by molar-refractivity contribution is 7.47. The van der Waals surface area contributed by atoms with Crippen molar-refractivity contribution in [3.8, 4) is 0 Å². The number of unbranched alkanes of at least 4 members (excludes halogenated alkanes) is 12. The SMILES string of the molecule is CCCCC[C@H](O)/C=C/[C@H]1[C@H](O)CC(=O)[C@@H]1CCCCCCC(=O)O[C@H](COC(=O)CCCCCCCCCCc1oc(CCC)c(C)c1C)COP(=O)(O)OCCN. The number of aryl methyl sites for hydroxylation is 2. The Morgan fingerprint density at radius 2 is 1.44 bits per heavy atom. The van der Waals surface area contributed by atoms with Crippen LogP contribution in [0.25, 0.3) is 0 Å². The third-order valence-electron chi connectivity index (χ3n) is 11.2. The Morgan fingerprint density at radius 1 is 0.831 bits per heavy atom. The van der Waals surface area contributed by atoms with E-state index in [9.17, 15) is 34.1 Å². The number of phosphoric acid groups is 1. The first-order chi connectivity index (χ1) is 28.3. The van der Waals surface area contributed by atoms with Crippen LogP contribution in [-0.4, -0.2) is 77.5 Å². The summed E-state index contributed by atoms with van der Waals surface area (Å²) < 4.78 is 39.0. The summed E-state index contributed by atoms with van der Waals surface area (Å²) in [5, 5.41) is 20.7. The maximum Gasteiger partial charge on any atom is 0.472 e. The molecule has 1 fully saturated rings. The van der Waals surface area contributed by atoms with E-state index in [1.54, 1.807) is 6.08 Å². The van der Waals surface area contributed by atoms with Gasteiger partial charge in [-0.05, 0) is 63.5 Å². The number of phosphoric ester groups is 1. The van der Waals surface area contributed by atoms with Gasteiger partial charge in [0.1, 0.15) is 23.9 Å². The molecule has 0 radical (unpaired) electrons. The molecule has 5 N–H and O–H groups in total. The highest BCUT2D eigenvalue weighted by atomic mass is 31.2. The van der Waals surface area contributed by atoms with E-state index >= 15 is 0 Å². The maximum atomic E-state index is 12.7. The largest absolute Gasteiger partial charge is 0.472 e. The molecule has 1 unspecified atom stereocenters. The molecule has 59 heavy (non-hydrogen) atoms. The molecule has 1 aromatic heterocycles. The Balaban J connectivity index is 1.67. The molecule has 14 heteroatoms. The van der Waals surface area contributed by atoms with E-state index in [4.69, 9.17) is 28.7 Å². The minimum atomic E-state index is -4.46. The molecule has 13 nitrogen and oxygen atoms in total. The van der Waals surface area contributed by atoms with Gasteiger partial charge in [-0.25, -0.2) is 4.57 Å². The van der Waals surface area contributed by atoms with Crippen molar-refractivity contribution in [2.24, 2.45) is 17.6 Å². The van der Waals surface area contributed by atoms with E-state index in [0.29, 0.717) is 32.1 Å². The zero-order valence-corrected chi connectivity index (χ0v) is 37.6. The first-order valence-electron chi connectivity index (χ1n) is 22.6. The lowest BCUT2D eigenvalue weighted by Crippen LogP contribution is -2.29. The van der Waals surface area contributed by atoms with E-state index in [-0.39, 0.29) is 56.6 Å². The fourth-order valence-corrected chi connectivity index (χ4v) is 8.34. The zero-order valence-electron chi connectivity index (χ0n) is 36.7. The molecule has 1 saturated carbocycles. The third-order valence-corrected chi connectivity index (χ3v) is 12.2. The Kier molecular flexibility index (Phi) is 27.4. The molecule has 6 atom stereocenters. The molecule has 1 aliphatic carbocycles. The molecule has 0 amide bonds. The Labute approximate surface area is 354 Å². The standard InChI is InChI=1S/C45H78NO12P/c1-5-7-16-22-36(47)27-28-39-38(40(48)31-41(39)49)23-17-14-15-20-26-45(51)57-37(33-56-59(52,53)55-30-29-46)32-54-44(50)25-19-13-11-9-8-10-12-18-24-43-35(4)34(3)42(58-43)21-6-2/h27-28,36-39,41,47,49H,5-26,29-33,46H2,1-4H3,(H,52,53)/b28-27+/t36-,37+,38+,39+,41+/m0/s1. The lowest BCUT2D eigenvalue weighted by molar-refractivity contribution is -0.161. The number of aliphatic hydroxyl groups excluding tert-OH is 2. The lowest BCUT2D eigenvalue weighted by atomic mass is 9.88. The summed E-state index contributed by atoms with van der Waals surface area (Å²) in [7, 11) is -4.46. The number of hydrogen-bond donors (Lipinski definition) is 4. The first kappa shape index (κ1) is 52.8. The minimum Gasteiger partial charge on any atom is -0.466 e. The average molecular weight is 856 g/mol. The van der Waals surface area contributed by atoms with Gasteiger partial charge in [-0.1, -0.05) is 103 Å². The van der Waals surface area contributed by atoms with E-state index in [0.717, 1.165) is 101 Å². The van der Waals surface area contributed by atoms with Gasteiger partial charge in [-0.2, -0.15) is 0 Å². The molecule has 1 aliphatic rings. The number of esters is 2. The normalized spacial score (nSPS) is 19.0. The molecule has 0 bridgehead atoms. The van der Waals surface area contributed by atoms with Crippen LogP contribution in [0.3, 0.4) is 0 Å². The van der Waals surface area contributed by atoms with Gasteiger partial charge in [-0.15, -0.1) is 0 Å². The Hall–Kier alpha value is -2.38. The van der Waals surface area contributed by atoms with Crippen molar-refractivity contribution in [2.75, 3.05) is 26.4 Å². The van der Waals surface area contributed by atoms with Crippen molar-refractivity contribution >= 4 is 25.5 Å². The van der Waals surface area contributed by atoms with Gasteiger partial charge in [0.25, 0.3) is 0 Å². The maximum absolute atomic E-state index is 12.7. The molecule has 1 aromatic rings. The fraction of sp³-hybridized carbons (Fsp3) is 0.800. The zero-order chi connectivity index (χ0) is 43.5. The number of rotatable bonds is 35. The van der Waals surface area contributed by atoms with Crippen molar-refractivity contribution in [3.05, 3.63) is 34.8 Å². The molecule has 1 heterocycles. The van der Waals surface area contributed by atoms with Crippen LogP contribution in [0.5, 0.6) is 0 Å². The fourth-order valence-electron chi connectivity index (χ4n) is 7.58. The van der Waals surface area contributed by atoms with Crippen LogP contribution < -0.4 is 5.73 Å². The third kappa shape index (κ3) is 22.3. The van der Waals surface area contributed by atoms with E-state index in [2.05, 4.69) is 27.7 Å².